The number of morpholine rings is 1. The summed E-state index contributed by atoms with van der Waals surface area (Å²) < 4.78 is 5.50. The van der Waals surface area contributed by atoms with Crippen molar-refractivity contribution in [2.45, 2.75) is 18.9 Å². The number of amides is 1. The molecule has 0 aromatic carbocycles. The minimum absolute atomic E-state index is 0.0397. The van der Waals surface area contributed by atoms with Crippen LogP contribution in [0, 0.1) is 0 Å². The maximum absolute atomic E-state index is 12.4. The quantitative estimate of drug-likeness (QED) is 0.937. The SMILES string of the molecule is O=C(CCc1cccs1)N1CCOC[C@H]1c1ccn[nH]1. The molecule has 1 N–H and O–H groups in total. The predicted molar refractivity (Wildman–Crippen MR) is 76.5 cm³/mol. The Morgan fingerprint density at radius 1 is 1.55 bits per heavy atom. The largest absolute Gasteiger partial charge is 0.377 e. The molecule has 0 bridgehead atoms. The van der Waals surface area contributed by atoms with E-state index in [-0.39, 0.29) is 11.9 Å². The van der Waals surface area contributed by atoms with Crippen LogP contribution >= 0.6 is 11.3 Å². The highest BCUT2D eigenvalue weighted by Crippen LogP contribution is 2.23. The monoisotopic (exact) mass is 291 g/mol. The van der Waals surface area contributed by atoms with Gasteiger partial charge in [-0.15, -0.1) is 11.3 Å². The number of nitrogens with zero attached hydrogens (tertiary/aromatic N) is 2. The number of ether oxygens (including phenoxy) is 1. The van der Waals surface area contributed by atoms with Gasteiger partial charge in [0.25, 0.3) is 0 Å². The highest BCUT2D eigenvalue weighted by atomic mass is 32.1. The molecule has 1 fully saturated rings. The minimum atomic E-state index is -0.0397. The van der Waals surface area contributed by atoms with Crippen LogP contribution in [0.4, 0.5) is 0 Å². The number of carbonyl (C=O) groups is 1. The maximum Gasteiger partial charge on any atom is 0.223 e. The zero-order valence-corrected chi connectivity index (χ0v) is 11.9. The number of aromatic nitrogens is 2. The first kappa shape index (κ1) is 13.3. The van der Waals surface area contributed by atoms with E-state index in [1.54, 1.807) is 17.5 Å². The van der Waals surface area contributed by atoms with Crippen LogP contribution in [0.2, 0.25) is 0 Å². The number of aryl methyl sites for hydroxylation is 1. The lowest BCUT2D eigenvalue weighted by molar-refractivity contribution is -0.140. The normalized spacial score (nSPS) is 19.2. The summed E-state index contributed by atoms with van der Waals surface area (Å²) in [5, 5.41) is 8.94. The van der Waals surface area contributed by atoms with E-state index in [0.29, 0.717) is 26.2 Å². The first-order valence-corrected chi connectivity index (χ1v) is 7.61. The number of hydrogen-bond acceptors (Lipinski definition) is 4. The Morgan fingerprint density at radius 3 is 3.25 bits per heavy atom. The molecule has 6 heteroatoms. The van der Waals surface area contributed by atoms with Crippen molar-refractivity contribution >= 4 is 17.2 Å². The molecule has 106 valence electrons. The van der Waals surface area contributed by atoms with Gasteiger partial charge in [-0.2, -0.15) is 5.10 Å². The molecule has 2 aromatic rings. The molecule has 5 nitrogen and oxygen atoms in total. The zero-order chi connectivity index (χ0) is 13.8. The van der Waals surface area contributed by atoms with E-state index in [2.05, 4.69) is 16.3 Å². The lowest BCUT2D eigenvalue weighted by atomic mass is 10.1. The van der Waals surface area contributed by atoms with Gasteiger partial charge in [0.1, 0.15) is 0 Å². The summed E-state index contributed by atoms with van der Waals surface area (Å²) >= 11 is 1.70. The van der Waals surface area contributed by atoms with Crippen LogP contribution < -0.4 is 0 Å². The maximum atomic E-state index is 12.4. The van der Waals surface area contributed by atoms with E-state index in [0.717, 1.165) is 12.1 Å². The Balaban J connectivity index is 1.65. The zero-order valence-electron chi connectivity index (χ0n) is 11.1. The van der Waals surface area contributed by atoms with Crippen LogP contribution in [-0.4, -0.2) is 40.8 Å². The van der Waals surface area contributed by atoms with Gasteiger partial charge in [-0.1, -0.05) is 6.07 Å². The highest BCUT2D eigenvalue weighted by Gasteiger charge is 2.29. The molecular formula is C14H17N3O2S. The standard InChI is InChI=1S/C14H17N3O2S/c18-14(4-3-11-2-1-9-20-11)17-7-8-19-10-13(17)12-5-6-15-16-12/h1-2,5-6,9,13H,3-4,7-8,10H2,(H,15,16)/t13-/m0/s1. The number of aromatic amines is 1. The summed E-state index contributed by atoms with van der Waals surface area (Å²) in [6.07, 6.45) is 3.06. The van der Waals surface area contributed by atoms with Crippen LogP contribution in [0.1, 0.15) is 23.0 Å². The number of hydrogen-bond donors (Lipinski definition) is 1. The lowest BCUT2D eigenvalue weighted by Gasteiger charge is -2.35. The van der Waals surface area contributed by atoms with Gasteiger partial charge < -0.3 is 9.64 Å². The Kier molecular flexibility index (Phi) is 4.13. The number of thiophene rings is 1. The summed E-state index contributed by atoms with van der Waals surface area (Å²) in [5.74, 6) is 0.182. The van der Waals surface area contributed by atoms with Gasteiger partial charge in [0, 0.05) is 24.0 Å². The molecule has 1 saturated heterocycles. The van der Waals surface area contributed by atoms with Gasteiger partial charge >= 0.3 is 0 Å². The molecule has 3 heterocycles. The second kappa shape index (κ2) is 6.19. The van der Waals surface area contributed by atoms with Gasteiger partial charge in [-0.3, -0.25) is 9.89 Å². The van der Waals surface area contributed by atoms with E-state index < -0.39 is 0 Å². The van der Waals surface area contributed by atoms with Crippen molar-refractivity contribution in [2.24, 2.45) is 0 Å². The summed E-state index contributed by atoms with van der Waals surface area (Å²) in [4.78, 5) is 15.6. The number of rotatable bonds is 4. The van der Waals surface area contributed by atoms with Crippen molar-refractivity contribution in [2.75, 3.05) is 19.8 Å². The molecule has 2 aromatic heterocycles. The van der Waals surface area contributed by atoms with Gasteiger partial charge in [-0.25, -0.2) is 0 Å². The van der Waals surface area contributed by atoms with Gasteiger partial charge in [0.2, 0.25) is 5.91 Å². The molecule has 20 heavy (non-hydrogen) atoms. The van der Waals surface area contributed by atoms with Crippen molar-refractivity contribution in [3.8, 4) is 0 Å². The fourth-order valence-corrected chi connectivity index (χ4v) is 3.15. The predicted octanol–water partition coefficient (Wildman–Crippen LogP) is 2.00. The average molecular weight is 291 g/mol. The third-order valence-electron chi connectivity index (χ3n) is 3.50. The fraction of sp³-hybridized carbons (Fsp3) is 0.429. The second-order valence-electron chi connectivity index (χ2n) is 4.77. The second-order valence-corrected chi connectivity index (χ2v) is 5.80. The van der Waals surface area contributed by atoms with E-state index in [1.165, 1.54) is 4.88 Å². The first-order chi connectivity index (χ1) is 9.84. The summed E-state index contributed by atoms with van der Waals surface area (Å²) in [6.45, 7) is 1.79. The molecule has 0 unspecified atom stereocenters. The molecule has 0 radical (unpaired) electrons. The Morgan fingerprint density at radius 2 is 2.50 bits per heavy atom. The molecule has 3 rings (SSSR count). The Labute approximate surface area is 121 Å². The van der Waals surface area contributed by atoms with Crippen molar-refractivity contribution in [1.29, 1.82) is 0 Å². The van der Waals surface area contributed by atoms with E-state index in [4.69, 9.17) is 4.74 Å². The van der Waals surface area contributed by atoms with E-state index >= 15 is 0 Å². The molecule has 1 aliphatic heterocycles. The van der Waals surface area contributed by atoms with Gasteiger partial charge in [0.15, 0.2) is 0 Å². The van der Waals surface area contributed by atoms with Crippen LogP contribution in [-0.2, 0) is 16.0 Å². The van der Waals surface area contributed by atoms with Crippen LogP contribution in [0.15, 0.2) is 29.8 Å². The third-order valence-corrected chi connectivity index (χ3v) is 4.43. The van der Waals surface area contributed by atoms with Gasteiger partial charge in [0.05, 0.1) is 24.9 Å². The molecular weight excluding hydrogens is 274 g/mol. The molecule has 1 atom stereocenters. The highest BCUT2D eigenvalue weighted by molar-refractivity contribution is 7.09. The average Bonchev–Trinajstić information content (AvgIpc) is 3.18. The summed E-state index contributed by atoms with van der Waals surface area (Å²) in [6, 6.07) is 5.96. The summed E-state index contributed by atoms with van der Waals surface area (Å²) in [7, 11) is 0. The topological polar surface area (TPSA) is 58.2 Å². The van der Waals surface area contributed by atoms with Crippen molar-refractivity contribution in [3.05, 3.63) is 40.3 Å². The van der Waals surface area contributed by atoms with Crippen LogP contribution in [0.25, 0.3) is 0 Å². The first-order valence-electron chi connectivity index (χ1n) is 6.73. The smallest absolute Gasteiger partial charge is 0.223 e. The molecule has 1 aliphatic rings. The number of carbonyl (C=O) groups excluding carboxylic acids is 1. The Hall–Kier alpha value is -1.66. The van der Waals surface area contributed by atoms with Crippen LogP contribution in [0.5, 0.6) is 0 Å². The summed E-state index contributed by atoms with van der Waals surface area (Å²) in [5.41, 5.74) is 0.939. The van der Waals surface area contributed by atoms with Crippen LogP contribution in [0.3, 0.4) is 0 Å². The van der Waals surface area contributed by atoms with Crippen molar-refractivity contribution in [1.82, 2.24) is 15.1 Å². The minimum Gasteiger partial charge on any atom is -0.377 e. The van der Waals surface area contributed by atoms with Gasteiger partial charge in [-0.05, 0) is 23.9 Å². The van der Waals surface area contributed by atoms with E-state index in [9.17, 15) is 4.79 Å². The van der Waals surface area contributed by atoms with E-state index in [1.807, 2.05) is 22.4 Å². The fourth-order valence-electron chi connectivity index (χ4n) is 2.44. The number of H-pyrrole nitrogens is 1. The lowest BCUT2D eigenvalue weighted by Crippen LogP contribution is -2.43. The number of nitrogens with one attached hydrogen (secondary N) is 1. The molecule has 1 amide bonds. The van der Waals surface area contributed by atoms with Crippen molar-refractivity contribution < 1.29 is 9.53 Å². The molecule has 0 saturated carbocycles. The van der Waals surface area contributed by atoms with Crippen molar-refractivity contribution in [3.63, 3.8) is 0 Å². The molecule has 0 aliphatic carbocycles. The Bertz CT molecular complexity index is 539. The third kappa shape index (κ3) is 2.91. The molecule has 0 spiro atoms.